The van der Waals surface area contributed by atoms with E-state index in [4.69, 9.17) is 4.74 Å². The van der Waals surface area contributed by atoms with Crippen molar-refractivity contribution >= 4 is 17.1 Å². The van der Waals surface area contributed by atoms with E-state index in [1.54, 1.807) is 11.0 Å². The van der Waals surface area contributed by atoms with Crippen LogP contribution in [0.2, 0.25) is 0 Å². The first-order chi connectivity index (χ1) is 12.7. The van der Waals surface area contributed by atoms with E-state index in [2.05, 4.69) is 14.5 Å². The zero-order valence-corrected chi connectivity index (χ0v) is 16.7. The summed E-state index contributed by atoms with van der Waals surface area (Å²) < 4.78 is 20.9. The Kier molecular flexibility index (Phi) is 5.69. The minimum atomic E-state index is -0.456. The molecule has 1 saturated heterocycles. The quantitative estimate of drug-likeness (QED) is 0.820. The van der Waals surface area contributed by atoms with Crippen LogP contribution in [0.1, 0.15) is 33.0 Å². The number of hydrogen-bond acceptors (Lipinski definition) is 4. The van der Waals surface area contributed by atoms with Crippen LogP contribution >= 0.6 is 0 Å². The van der Waals surface area contributed by atoms with E-state index in [1.165, 1.54) is 12.1 Å². The van der Waals surface area contributed by atoms with Crippen molar-refractivity contribution in [2.75, 3.05) is 32.7 Å². The van der Waals surface area contributed by atoms with Gasteiger partial charge in [0.15, 0.2) is 0 Å². The molecule has 0 radical (unpaired) electrons. The van der Waals surface area contributed by atoms with Gasteiger partial charge in [-0.1, -0.05) is 0 Å². The lowest BCUT2D eigenvalue weighted by atomic mass is 10.2. The van der Waals surface area contributed by atoms with Crippen LogP contribution in [-0.2, 0) is 11.3 Å². The molecule has 1 aromatic carbocycles. The Morgan fingerprint density at radius 3 is 2.56 bits per heavy atom. The predicted molar refractivity (Wildman–Crippen MR) is 103 cm³/mol. The van der Waals surface area contributed by atoms with Gasteiger partial charge in [-0.05, 0) is 52.8 Å². The second-order valence-corrected chi connectivity index (χ2v) is 8.11. The molecule has 2 heterocycles. The Morgan fingerprint density at radius 2 is 1.89 bits per heavy atom. The molecule has 1 aliphatic heterocycles. The molecule has 2 aromatic rings. The maximum absolute atomic E-state index is 13.4. The van der Waals surface area contributed by atoms with Gasteiger partial charge in [-0.25, -0.2) is 14.2 Å². The van der Waals surface area contributed by atoms with Crippen molar-refractivity contribution in [2.45, 2.75) is 46.3 Å². The third kappa shape index (κ3) is 4.97. The summed E-state index contributed by atoms with van der Waals surface area (Å²) in [6, 6.07) is 4.76. The molecule has 0 bridgehead atoms. The molecule has 27 heavy (non-hydrogen) atoms. The van der Waals surface area contributed by atoms with E-state index in [0.717, 1.165) is 43.9 Å². The molecular weight excluding hydrogens is 347 g/mol. The average molecular weight is 376 g/mol. The topological polar surface area (TPSA) is 50.6 Å². The van der Waals surface area contributed by atoms with Crippen LogP contribution < -0.4 is 0 Å². The maximum atomic E-state index is 13.4. The predicted octanol–water partition coefficient (Wildman–Crippen LogP) is 3.43. The zero-order valence-electron chi connectivity index (χ0n) is 16.7. The minimum absolute atomic E-state index is 0.227. The molecule has 1 fully saturated rings. The van der Waals surface area contributed by atoms with Crippen molar-refractivity contribution in [3.05, 3.63) is 29.8 Å². The number of benzene rings is 1. The molecule has 0 unspecified atom stereocenters. The highest BCUT2D eigenvalue weighted by molar-refractivity contribution is 5.76. The summed E-state index contributed by atoms with van der Waals surface area (Å²) in [5, 5.41) is 0. The molecule has 3 rings (SSSR count). The monoisotopic (exact) mass is 376 g/mol. The lowest BCUT2D eigenvalue weighted by molar-refractivity contribution is 0.0144. The van der Waals surface area contributed by atoms with E-state index in [9.17, 15) is 9.18 Å². The number of rotatable bonds is 4. The summed E-state index contributed by atoms with van der Waals surface area (Å²) in [6.45, 7) is 12.5. The summed E-state index contributed by atoms with van der Waals surface area (Å²) in [5.41, 5.74) is 1.23. The Hall–Kier alpha value is -2.15. The maximum Gasteiger partial charge on any atom is 0.410 e. The molecule has 0 atom stereocenters. The molecule has 0 saturated carbocycles. The molecule has 0 N–H and O–H groups in total. The van der Waals surface area contributed by atoms with Gasteiger partial charge in [0.05, 0.1) is 11.0 Å². The van der Waals surface area contributed by atoms with Crippen LogP contribution in [0.4, 0.5) is 9.18 Å². The third-order valence-corrected chi connectivity index (χ3v) is 4.78. The number of hydrogen-bond donors (Lipinski definition) is 0. The van der Waals surface area contributed by atoms with E-state index in [-0.39, 0.29) is 11.9 Å². The van der Waals surface area contributed by atoms with Crippen molar-refractivity contribution in [3.63, 3.8) is 0 Å². The first kappa shape index (κ1) is 19.6. The number of aryl methyl sites for hydroxylation is 2. The van der Waals surface area contributed by atoms with Crippen LogP contribution in [0.5, 0.6) is 0 Å². The van der Waals surface area contributed by atoms with Gasteiger partial charge in [0.2, 0.25) is 0 Å². The van der Waals surface area contributed by atoms with Gasteiger partial charge < -0.3 is 14.2 Å². The first-order valence-electron chi connectivity index (χ1n) is 9.55. The molecule has 148 valence electrons. The van der Waals surface area contributed by atoms with E-state index < -0.39 is 5.60 Å². The molecular formula is C20H29FN4O2. The van der Waals surface area contributed by atoms with Crippen molar-refractivity contribution in [2.24, 2.45) is 0 Å². The Bertz CT molecular complexity index is 804. The second-order valence-electron chi connectivity index (χ2n) is 8.11. The van der Waals surface area contributed by atoms with Gasteiger partial charge in [-0.15, -0.1) is 0 Å². The number of halogens is 1. The average Bonchev–Trinajstić information content (AvgIpc) is 2.88. The highest BCUT2D eigenvalue weighted by atomic mass is 19.1. The normalized spacial score (nSPS) is 16.1. The van der Waals surface area contributed by atoms with Crippen LogP contribution in [0, 0.1) is 12.7 Å². The minimum Gasteiger partial charge on any atom is -0.444 e. The highest BCUT2D eigenvalue weighted by Crippen LogP contribution is 2.18. The van der Waals surface area contributed by atoms with Crippen molar-refractivity contribution in [1.82, 2.24) is 19.4 Å². The van der Waals surface area contributed by atoms with Gasteiger partial charge in [-0.3, -0.25) is 4.90 Å². The van der Waals surface area contributed by atoms with Gasteiger partial charge in [0.1, 0.15) is 17.2 Å². The lowest BCUT2D eigenvalue weighted by Gasteiger charge is -2.35. The van der Waals surface area contributed by atoms with Gasteiger partial charge in [0.25, 0.3) is 0 Å². The standard InChI is InChI=1S/C20H29FN4O2/c1-15-22-17-14-16(21)6-7-18(17)25(15)9-5-8-23-10-12-24(13-11-23)19(26)27-20(2,3)4/h6-7,14H,5,8-13H2,1-4H3. The number of amides is 1. The summed E-state index contributed by atoms with van der Waals surface area (Å²) in [4.78, 5) is 20.7. The molecule has 1 amide bonds. The molecule has 0 spiro atoms. The SMILES string of the molecule is Cc1nc2cc(F)ccc2n1CCCN1CCN(C(=O)OC(C)(C)C)CC1. The van der Waals surface area contributed by atoms with Gasteiger partial charge in [-0.2, -0.15) is 0 Å². The molecule has 1 aliphatic rings. The highest BCUT2D eigenvalue weighted by Gasteiger charge is 2.25. The van der Waals surface area contributed by atoms with Crippen LogP contribution in [0.15, 0.2) is 18.2 Å². The van der Waals surface area contributed by atoms with Gasteiger partial charge in [0, 0.05) is 38.8 Å². The van der Waals surface area contributed by atoms with Gasteiger partial charge >= 0.3 is 6.09 Å². The number of carbonyl (C=O) groups excluding carboxylic acids is 1. The number of aromatic nitrogens is 2. The van der Waals surface area contributed by atoms with Crippen LogP contribution in [0.3, 0.4) is 0 Å². The van der Waals surface area contributed by atoms with Crippen LogP contribution in [-0.4, -0.2) is 63.8 Å². The number of ether oxygens (including phenoxy) is 1. The second kappa shape index (κ2) is 7.84. The molecule has 1 aromatic heterocycles. The molecule has 7 heteroatoms. The smallest absolute Gasteiger partial charge is 0.410 e. The number of nitrogens with zero attached hydrogens (tertiary/aromatic N) is 4. The molecule has 0 aliphatic carbocycles. The number of imidazole rings is 1. The van der Waals surface area contributed by atoms with E-state index >= 15 is 0 Å². The Labute approximate surface area is 159 Å². The van der Waals surface area contributed by atoms with E-state index in [1.807, 2.05) is 27.7 Å². The summed E-state index contributed by atoms with van der Waals surface area (Å²) in [7, 11) is 0. The number of piperazine rings is 1. The largest absolute Gasteiger partial charge is 0.444 e. The molecule has 6 nitrogen and oxygen atoms in total. The zero-order chi connectivity index (χ0) is 19.6. The summed E-state index contributed by atoms with van der Waals surface area (Å²) in [6.07, 6.45) is 0.755. The number of carbonyl (C=O) groups is 1. The summed E-state index contributed by atoms with van der Waals surface area (Å²) in [5.74, 6) is 0.653. The van der Waals surface area contributed by atoms with E-state index in [0.29, 0.717) is 18.6 Å². The fourth-order valence-electron chi connectivity index (χ4n) is 3.44. The lowest BCUT2D eigenvalue weighted by Crippen LogP contribution is -2.50. The fourth-order valence-corrected chi connectivity index (χ4v) is 3.44. The van der Waals surface area contributed by atoms with Crippen molar-refractivity contribution in [3.8, 4) is 0 Å². The van der Waals surface area contributed by atoms with Crippen molar-refractivity contribution < 1.29 is 13.9 Å². The Morgan fingerprint density at radius 1 is 1.19 bits per heavy atom. The Balaban J connectivity index is 1.47. The number of fused-ring (bicyclic) bond motifs is 1. The summed E-state index contributed by atoms with van der Waals surface area (Å²) >= 11 is 0. The first-order valence-corrected chi connectivity index (χ1v) is 9.55. The third-order valence-electron chi connectivity index (χ3n) is 4.78. The van der Waals surface area contributed by atoms with Crippen LogP contribution in [0.25, 0.3) is 11.0 Å². The van der Waals surface area contributed by atoms with Crippen molar-refractivity contribution in [1.29, 1.82) is 0 Å². The fraction of sp³-hybridized carbons (Fsp3) is 0.600.